The van der Waals surface area contributed by atoms with E-state index in [0.717, 1.165) is 33.5 Å². The lowest BCUT2D eigenvalue weighted by Gasteiger charge is -2.12. The average molecular weight is 356 g/mol. The summed E-state index contributed by atoms with van der Waals surface area (Å²) in [5, 5.41) is 3.86. The van der Waals surface area contributed by atoms with Gasteiger partial charge in [-0.05, 0) is 62.2 Å². The number of para-hydroxylation sites is 1. The van der Waals surface area contributed by atoms with Crippen LogP contribution < -0.4 is 5.32 Å². The maximum absolute atomic E-state index is 13.1. The number of aromatic nitrogens is 1. The van der Waals surface area contributed by atoms with E-state index in [1.807, 2.05) is 75.4 Å². The molecule has 0 aliphatic carbocycles. The van der Waals surface area contributed by atoms with E-state index in [2.05, 4.69) is 10.3 Å². The zero-order chi connectivity index (χ0) is 19.0. The van der Waals surface area contributed by atoms with Gasteiger partial charge in [-0.25, -0.2) is 4.98 Å². The average Bonchev–Trinajstić information content (AvgIpc) is 3.10. The van der Waals surface area contributed by atoms with Gasteiger partial charge < -0.3 is 9.73 Å². The van der Waals surface area contributed by atoms with Crippen molar-refractivity contribution in [1.29, 1.82) is 0 Å². The molecule has 2 heterocycles. The molecule has 4 rings (SSSR count). The fraction of sp³-hybridized carbons (Fsp3) is 0.130. The van der Waals surface area contributed by atoms with Gasteiger partial charge in [-0.1, -0.05) is 30.3 Å². The number of benzene rings is 2. The van der Waals surface area contributed by atoms with Gasteiger partial charge in [-0.15, -0.1) is 0 Å². The molecule has 0 aliphatic heterocycles. The van der Waals surface area contributed by atoms with Crippen molar-refractivity contribution in [3.63, 3.8) is 0 Å². The molecule has 2 aromatic heterocycles. The molecule has 0 spiro atoms. The lowest BCUT2D eigenvalue weighted by atomic mass is 10.1. The lowest BCUT2D eigenvalue weighted by Crippen LogP contribution is -2.14. The Bertz CT molecular complexity index is 1160. The number of carbonyl (C=O) groups is 1. The van der Waals surface area contributed by atoms with Crippen LogP contribution in [0.25, 0.3) is 22.4 Å². The predicted molar refractivity (Wildman–Crippen MR) is 108 cm³/mol. The number of aryl methyl sites for hydroxylation is 3. The summed E-state index contributed by atoms with van der Waals surface area (Å²) in [5.41, 5.74) is 4.92. The minimum atomic E-state index is -0.160. The Morgan fingerprint density at radius 2 is 1.78 bits per heavy atom. The predicted octanol–water partition coefficient (Wildman–Crippen LogP) is 5.67. The Labute approximate surface area is 157 Å². The number of nitrogens with one attached hydrogen (secondary N) is 1. The standard InChI is InChI=1S/C23H20N2O2/c1-14-8-9-15(2)20(12-14)25-23(26)18-13-21(22-11-10-16(3)27-22)24-19-7-5-4-6-17(18)19/h4-13H,1-3H3,(H,25,26). The molecule has 134 valence electrons. The van der Waals surface area contributed by atoms with Crippen molar-refractivity contribution in [2.75, 3.05) is 5.32 Å². The minimum Gasteiger partial charge on any atom is -0.460 e. The molecule has 4 heteroatoms. The molecule has 4 aromatic rings. The number of hydrogen-bond donors (Lipinski definition) is 1. The summed E-state index contributed by atoms with van der Waals surface area (Å²) in [7, 11) is 0. The van der Waals surface area contributed by atoms with Crippen molar-refractivity contribution in [2.45, 2.75) is 20.8 Å². The van der Waals surface area contributed by atoms with E-state index >= 15 is 0 Å². The van der Waals surface area contributed by atoms with Crippen LogP contribution in [0.5, 0.6) is 0 Å². The zero-order valence-electron chi connectivity index (χ0n) is 15.5. The second-order valence-electron chi connectivity index (χ2n) is 6.76. The van der Waals surface area contributed by atoms with Crippen LogP contribution in [0, 0.1) is 20.8 Å². The van der Waals surface area contributed by atoms with Gasteiger partial charge in [-0.3, -0.25) is 4.79 Å². The molecule has 0 atom stereocenters. The third kappa shape index (κ3) is 3.34. The van der Waals surface area contributed by atoms with E-state index in [4.69, 9.17) is 4.42 Å². The van der Waals surface area contributed by atoms with Crippen LogP contribution in [-0.4, -0.2) is 10.9 Å². The van der Waals surface area contributed by atoms with Gasteiger partial charge in [-0.2, -0.15) is 0 Å². The molecule has 0 bridgehead atoms. The molecular formula is C23H20N2O2. The summed E-state index contributed by atoms with van der Waals surface area (Å²) in [5.74, 6) is 1.30. The van der Waals surface area contributed by atoms with Crippen LogP contribution in [-0.2, 0) is 0 Å². The van der Waals surface area contributed by atoms with Crippen LogP contribution in [0.3, 0.4) is 0 Å². The first kappa shape index (κ1) is 17.0. The van der Waals surface area contributed by atoms with Gasteiger partial charge in [0.2, 0.25) is 0 Å². The third-order valence-electron chi connectivity index (χ3n) is 4.59. The minimum absolute atomic E-state index is 0.160. The van der Waals surface area contributed by atoms with Crippen LogP contribution in [0.15, 0.2) is 65.1 Å². The van der Waals surface area contributed by atoms with Gasteiger partial charge in [0.15, 0.2) is 5.76 Å². The van der Waals surface area contributed by atoms with Gasteiger partial charge in [0.1, 0.15) is 11.5 Å². The molecule has 0 saturated heterocycles. The number of amides is 1. The Hall–Kier alpha value is -3.40. The summed E-state index contributed by atoms with van der Waals surface area (Å²) >= 11 is 0. The van der Waals surface area contributed by atoms with Crippen molar-refractivity contribution < 1.29 is 9.21 Å². The molecule has 4 nitrogen and oxygen atoms in total. The van der Waals surface area contributed by atoms with Crippen LogP contribution >= 0.6 is 0 Å². The smallest absolute Gasteiger partial charge is 0.256 e. The highest BCUT2D eigenvalue weighted by Crippen LogP contribution is 2.27. The van der Waals surface area contributed by atoms with E-state index in [-0.39, 0.29) is 5.91 Å². The van der Waals surface area contributed by atoms with Crippen molar-refractivity contribution in [3.8, 4) is 11.5 Å². The first-order valence-electron chi connectivity index (χ1n) is 8.86. The maximum atomic E-state index is 13.1. The Balaban J connectivity index is 1.82. The van der Waals surface area contributed by atoms with E-state index in [9.17, 15) is 4.79 Å². The quantitative estimate of drug-likeness (QED) is 0.514. The van der Waals surface area contributed by atoms with Crippen LogP contribution in [0.4, 0.5) is 5.69 Å². The summed E-state index contributed by atoms with van der Waals surface area (Å²) in [6.07, 6.45) is 0. The number of fused-ring (bicyclic) bond motifs is 1. The van der Waals surface area contributed by atoms with Crippen molar-refractivity contribution in [2.24, 2.45) is 0 Å². The van der Waals surface area contributed by atoms with Crippen LogP contribution in [0.1, 0.15) is 27.2 Å². The molecule has 2 aromatic carbocycles. The second kappa shape index (κ2) is 6.72. The number of anilines is 1. The summed E-state index contributed by atoms with van der Waals surface area (Å²) in [6, 6.07) is 19.2. The fourth-order valence-electron chi connectivity index (χ4n) is 3.12. The summed E-state index contributed by atoms with van der Waals surface area (Å²) < 4.78 is 5.71. The molecule has 0 unspecified atom stereocenters. The summed E-state index contributed by atoms with van der Waals surface area (Å²) in [6.45, 7) is 5.88. The largest absolute Gasteiger partial charge is 0.460 e. The van der Waals surface area contributed by atoms with E-state index in [0.29, 0.717) is 17.0 Å². The molecule has 27 heavy (non-hydrogen) atoms. The first-order valence-corrected chi connectivity index (χ1v) is 8.86. The number of nitrogens with zero attached hydrogens (tertiary/aromatic N) is 1. The highest BCUT2D eigenvalue weighted by Gasteiger charge is 2.16. The monoisotopic (exact) mass is 356 g/mol. The molecule has 0 fully saturated rings. The Kier molecular flexibility index (Phi) is 4.24. The number of carbonyl (C=O) groups excluding carboxylic acids is 1. The third-order valence-corrected chi connectivity index (χ3v) is 4.59. The number of furan rings is 1. The number of hydrogen-bond acceptors (Lipinski definition) is 3. The normalized spacial score (nSPS) is 10.9. The molecule has 1 amide bonds. The lowest BCUT2D eigenvalue weighted by molar-refractivity contribution is 0.102. The van der Waals surface area contributed by atoms with Gasteiger partial charge >= 0.3 is 0 Å². The fourth-order valence-corrected chi connectivity index (χ4v) is 3.12. The maximum Gasteiger partial charge on any atom is 0.256 e. The second-order valence-corrected chi connectivity index (χ2v) is 6.76. The zero-order valence-corrected chi connectivity index (χ0v) is 15.5. The van der Waals surface area contributed by atoms with Crippen molar-refractivity contribution in [1.82, 2.24) is 4.98 Å². The van der Waals surface area contributed by atoms with E-state index in [1.165, 1.54) is 0 Å². The molecule has 0 saturated carbocycles. The highest BCUT2D eigenvalue weighted by atomic mass is 16.3. The Morgan fingerprint density at radius 3 is 2.56 bits per heavy atom. The van der Waals surface area contributed by atoms with Gasteiger partial charge in [0.25, 0.3) is 5.91 Å². The topological polar surface area (TPSA) is 55.1 Å². The first-order chi connectivity index (χ1) is 13.0. The molecule has 1 N–H and O–H groups in total. The SMILES string of the molecule is Cc1ccc(C)c(NC(=O)c2cc(-c3ccc(C)o3)nc3ccccc23)c1. The van der Waals surface area contributed by atoms with Gasteiger partial charge in [0, 0.05) is 11.1 Å². The van der Waals surface area contributed by atoms with Crippen molar-refractivity contribution in [3.05, 3.63) is 83.1 Å². The van der Waals surface area contributed by atoms with E-state index in [1.54, 1.807) is 6.07 Å². The number of pyridine rings is 1. The molecule has 0 radical (unpaired) electrons. The highest BCUT2D eigenvalue weighted by molar-refractivity contribution is 6.13. The van der Waals surface area contributed by atoms with E-state index < -0.39 is 0 Å². The Morgan fingerprint density at radius 1 is 0.963 bits per heavy atom. The molecular weight excluding hydrogens is 336 g/mol. The van der Waals surface area contributed by atoms with Crippen molar-refractivity contribution >= 4 is 22.5 Å². The summed E-state index contributed by atoms with van der Waals surface area (Å²) in [4.78, 5) is 17.8. The molecule has 0 aliphatic rings. The van der Waals surface area contributed by atoms with Gasteiger partial charge in [0.05, 0.1) is 11.1 Å². The number of rotatable bonds is 3. The van der Waals surface area contributed by atoms with Crippen LogP contribution in [0.2, 0.25) is 0 Å².